The molecule has 0 spiro atoms. The third-order valence-corrected chi connectivity index (χ3v) is 4.02. The van der Waals surface area contributed by atoms with Crippen LogP contribution in [0.1, 0.15) is 17.3 Å². The van der Waals surface area contributed by atoms with Crippen LogP contribution in [0.2, 0.25) is 0 Å². The first-order valence-corrected chi connectivity index (χ1v) is 9.91. The first kappa shape index (κ1) is 28.8. The standard InChI is InChI=1S/C9H14N5O4P.C7H6O3.Bi.O/c1-6(18-5-19(15,16)17)2-14-4-13-7-8(10)11-3-12-9(7)14;8-6-4-2-1-3-5(6)7(9)10;;/h3-4,6H,2,5H2,1H3,(H2,10,11,12)(H2,15,16,17);1-4,8H,(H,9,10);;/q;;+3;-2/p-1/t6-;;;/m1.../s1. The van der Waals surface area contributed by atoms with Gasteiger partial charge in [0.15, 0.2) is 19.1 Å². The Kier molecular flexibility index (Phi) is 11.7. The molecule has 3 aromatic rings. The number of fused-ring (bicyclic) bond motifs is 1. The molecule has 2 heterocycles. The quantitative estimate of drug-likeness (QED) is 0.204. The number of nitrogens with zero attached hydrogens (tertiary/aromatic N) is 4. The van der Waals surface area contributed by atoms with E-state index in [4.69, 9.17) is 25.6 Å². The molecule has 2 radical (unpaired) electrons. The van der Waals surface area contributed by atoms with Crippen LogP contribution in [0.15, 0.2) is 36.9 Å². The zero-order chi connectivity index (χ0) is 21.6. The van der Waals surface area contributed by atoms with Crippen molar-refractivity contribution in [1.29, 1.82) is 0 Å². The summed E-state index contributed by atoms with van der Waals surface area (Å²) in [6.45, 7) is 2.00. The van der Waals surface area contributed by atoms with E-state index in [1.807, 2.05) is 0 Å². The third kappa shape index (κ3) is 8.82. The minimum Gasteiger partial charge on any atom is -2.00 e. The van der Waals surface area contributed by atoms with E-state index in [1.54, 1.807) is 23.6 Å². The molecule has 0 fully saturated rings. The number of benzene rings is 1. The number of aromatic nitrogens is 4. The zero-order valence-corrected chi connectivity index (χ0v) is 20.5. The predicted octanol–water partition coefficient (Wildman–Crippen LogP) is -0.0924. The molecule has 0 saturated heterocycles. The molecule has 2 atom stereocenters. The minimum atomic E-state index is -4.41. The Bertz CT molecular complexity index is 1040. The van der Waals surface area contributed by atoms with Gasteiger partial charge in [0.05, 0.1) is 19.0 Å². The number of nitrogen functional groups attached to an aromatic ring is 1. The summed E-state index contributed by atoms with van der Waals surface area (Å²) >= 11 is 0. The van der Waals surface area contributed by atoms with Crippen molar-refractivity contribution in [1.82, 2.24) is 19.5 Å². The molecule has 1 unspecified atom stereocenters. The minimum absolute atomic E-state index is 0. The molecular weight excluding hydrogens is 630 g/mol. The average molecular weight is 649 g/mol. The molecule has 0 aliphatic carbocycles. The number of phenols is 1. The van der Waals surface area contributed by atoms with Crippen LogP contribution in [0.5, 0.6) is 5.75 Å². The van der Waals surface area contributed by atoms with Gasteiger partial charge in [0.2, 0.25) is 0 Å². The van der Waals surface area contributed by atoms with Gasteiger partial charge in [0, 0.05) is 0 Å². The molecule has 3 rings (SSSR count). The number of rotatable bonds is 6. The van der Waals surface area contributed by atoms with Gasteiger partial charge in [-0.15, -0.1) is 0 Å². The van der Waals surface area contributed by atoms with Crippen molar-refractivity contribution in [2.75, 3.05) is 12.1 Å². The van der Waals surface area contributed by atoms with E-state index in [-0.39, 0.29) is 48.8 Å². The predicted molar refractivity (Wildman–Crippen MR) is 106 cm³/mol. The average Bonchev–Trinajstić information content (AvgIpc) is 3.04. The van der Waals surface area contributed by atoms with Crippen LogP contribution in [-0.2, 0) is 21.3 Å². The van der Waals surface area contributed by atoms with Crippen molar-refractivity contribution in [3.8, 4) is 5.75 Å². The topological polar surface area (TPSA) is 225 Å². The Balaban J connectivity index is 0.000000643. The second-order valence-corrected chi connectivity index (χ2v) is 7.43. The smallest absolute Gasteiger partial charge is 2.00 e. The number of imidazole rings is 1. The van der Waals surface area contributed by atoms with Gasteiger partial charge in [-0.2, -0.15) is 0 Å². The van der Waals surface area contributed by atoms with E-state index in [1.165, 1.54) is 24.8 Å². The van der Waals surface area contributed by atoms with Crippen LogP contribution < -0.4 is 10.6 Å². The van der Waals surface area contributed by atoms with E-state index in [9.17, 15) is 14.3 Å². The fourth-order valence-electron chi connectivity index (χ4n) is 2.24. The van der Waals surface area contributed by atoms with Crippen molar-refractivity contribution in [2.45, 2.75) is 19.6 Å². The Morgan fingerprint density at radius 2 is 1.97 bits per heavy atom. The number of aromatic hydroxyl groups is 1. The molecular formula is C16H19BiN5O8P. The van der Waals surface area contributed by atoms with E-state index in [0.29, 0.717) is 17.7 Å². The Morgan fingerprint density at radius 3 is 2.52 bits per heavy atom. The number of nitrogens with two attached hydrogens (primary N) is 1. The molecule has 0 aliphatic heterocycles. The summed E-state index contributed by atoms with van der Waals surface area (Å²) in [4.78, 5) is 41.4. The van der Waals surface area contributed by atoms with E-state index >= 15 is 0 Å². The number of ether oxygens (including phenoxy) is 1. The molecule has 15 heteroatoms. The van der Waals surface area contributed by atoms with Gasteiger partial charge in [-0.05, 0) is 19.1 Å². The van der Waals surface area contributed by atoms with Gasteiger partial charge in [-0.3, -0.25) is 0 Å². The van der Waals surface area contributed by atoms with Crippen LogP contribution in [0.3, 0.4) is 0 Å². The summed E-state index contributed by atoms with van der Waals surface area (Å²) in [5.74, 6) is -1.04. The van der Waals surface area contributed by atoms with Gasteiger partial charge in [-0.1, -0.05) is 12.1 Å². The van der Waals surface area contributed by atoms with E-state index in [0.717, 1.165) is 0 Å². The molecule has 2 aromatic heterocycles. The molecule has 5 N–H and O–H groups in total. The first-order chi connectivity index (χ1) is 13.6. The second kappa shape index (κ2) is 12.6. The summed E-state index contributed by atoms with van der Waals surface area (Å²) in [6.07, 6.45) is 1.67. The molecule has 0 saturated carbocycles. The fraction of sp³-hybridized carbons (Fsp3) is 0.250. The number of carboxylic acid groups (broad SMARTS) is 1. The van der Waals surface area contributed by atoms with Gasteiger partial charge < -0.3 is 45.1 Å². The summed E-state index contributed by atoms with van der Waals surface area (Å²) in [7, 11) is -4.41. The van der Waals surface area contributed by atoms with Gasteiger partial charge >= 0.3 is 32.2 Å². The maximum absolute atomic E-state index is 10.6. The molecule has 31 heavy (non-hydrogen) atoms. The van der Waals surface area contributed by atoms with Crippen molar-refractivity contribution >= 4 is 56.8 Å². The van der Waals surface area contributed by atoms with Crippen molar-refractivity contribution < 1.29 is 39.6 Å². The summed E-state index contributed by atoms with van der Waals surface area (Å²) < 4.78 is 17.3. The second-order valence-electron chi connectivity index (χ2n) is 5.89. The van der Waals surface area contributed by atoms with Crippen LogP contribution in [-0.4, -0.2) is 79.3 Å². The SMILES string of the molecule is C[C@H](Cn1cnc2c(N)ncnc21)OCP(=O)([O-])O.O=C(O)c1ccccc1O.[Bi+3].[O-2]. The largest absolute Gasteiger partial charge is 3.00 e. The number of aromatic carboxylic acids is 1. The third-order valence-electron chi connectivity index (χ3n) is 3.54. The monoisotopic (exact) mass is 649 g/mol. The van der Waals surface area contributed by atoms with Crippen LogP contribution in [0.25, 0.3) is 11.2 Å². The maximum atomic E-state index is 10.6. The zero-order valence-electron chi connectivity index (χ0n) is 16.1. The first-order valence-electron chi connectivity index (χ1n) is 8.15. The molecule has 0 bridgehead atoms. The van der Waals surface area contributed by atoms with Gasteiger partial charge in [0.25, 0.3) is 0 Å². The van der Waals surface area contributed by atoms with E-state index in [2.05, 4.69) is 15.0 Å². The number of para-hydroxylation sites is 1. The number of hydrogen-bond acceptors (Lipinski definition) is 9. The Hall–Kier alpha value is -2.21. The van der Waals surface area contributed by atoms with Gasteiger partial charge in [-0.25, -0.2) is 19.7 Å². The van der Waals surface area contributed by atoms with Crippen LogP contribution in [0.4, 0.5) is 5.82 Å². The number of carboxylic acids is 1. The number of anilines is 1. The van der Waals surface area contributed by atoms with Crippen LogP contribution in [0, 0.1) is 0 Å². The Labute approximate surface area is 195 Å². The van der Waals surface area contributed by atoms with E-state index < -0.39 is 26.0 Å². The fourth-order valence-corrected chi connectivity index (χ4v) is 2.68. The molecule has 0 amide bonds. The maximum Gasteiger partial charge on any atom is 3.00 e. The molecule has 1 aromatic carbocycles. The summed E-state index contributed by atoms with van der Waals surface area (Å²) in [6, 6.07) is 5.81. The number of carbonyl (C=O) groups is 1. The molecule has 166 valence electrons. The Morgan fingerprint density at radius 1 is 1.32 bits per heavy atom. The normalized spacial score (nSPS) is 13.0. The molecule has 13 nitrogen and oxygen atoms in total. The summed E-state index contributed by atoms with van der Waals surface area (Å²) in [5, 5.41) is 17.3. The number of hydrogen-bond donors (Lipinski definition) is 4. The van der Waals surface area contributed by atoms with Crippen molar-refractivity contribution in [3.05, 3.63) is 42.5 Å². The summed E-state index contributed by atoms with van der Waals surface area (Å²) in [5.41, 5.74) is 6.60. The van der Waals surface area contributed by atoms with Gasteiger partial charge in [0.1, 0.15) is 29.5 Å². The van der Waals surface area contributed by atoms with Crippen molar-refractivity contribution in [3.63, 3.8) is 0 Å². The molecule has 0 aliphatic rings. The van der Waals surface area contributed by atoms with Crippen molar-refractivity contribution in [2.24, 2.45) is 0 Å². The van der Waals surface area contributed by atoms with Crippen LogP contribution >= 0.6 is 7.60 Å².